The third-order valence-corrected chi connectivity index (χ3v) is 4.52. The molecule has 0 bridgehead atoms. The molecule has 21 heavy (non-hydrogen) atoms. The van der Waals surface area contributed by atoms with Crippen LogP contribution in [-0.2, 0) is 4.79 Å². The predicted molar refractivity (Wildman–Crippen MR) is 88.7 cm³/mol. The molecule has 0 aliphatic heterocycles. The zero-order chi connectivity index (χ0) is 15.2. The maximum absolute atomic E-state index is 12.4. The van der Waals surface area contributed by atoms with Crippen LogP contribution >= 0.6 is 11.8 Å². The fourth-order valence-electron chi connectivity index (χ4n) is 2.05. The molecule has 1 N–H and O–H groups in total. The van der Waals surface area contributed by atoms with Crippen LogP contribution in [0, 0.1) is 13.8 Å². The summed E-state index contributed by atoms with van der Waals surface area (Å²) < 4.78 is 0. The van der Waals surface area contributed by atoms with Gasteiger partial charge in [0, 0.05) is 11.9 Å². The third kappa shape index (κ3) is 4.33. The Morgan fingerprint density at radius 3 is 2.71 bits per heavy atom. The number of rotatable bonds is 5. The molecule has 0 aliphatic carbocycles. The van der Waals surface area contributed by atoms with Gasteiger partial charge < -0.3 is 5.32 Å². The molecule has 110 valence electrons. The van der Waals surface area contributed by atoms with E-state index < -0.39 is 0 Å². The van der Waals surface area contributed by atoms with Gasteiger partial charge in [-0.15, -0.1) is 0 Å². The van der Waals surface area contributed by atoms with Gasteiger partial charge in [0.25, 0.3) is 0 Å². The summed E-state index contributed by atoms with van der Waals surface area (Å²) in [5.74, 6) is 0.0279. The zero-order valence-electron chi connectivity index (χ0n) is 12.6. The first-order chi connectivity index (χ1) is 10.1. The Hall–Kier alpha value is -1.81. The lowest BCUT2D eigenvalue weighted by molar-refractivity contribution is -0.115. The van der Waals surface area contributed by atoms with Crippen LogP contribution in [0.5, 0.6) is 0 Å². The van der Waals surface area contributed by atoms with E-state index in [1.807, 2.05) is 51.1 Å². The van der Waals surface area contributed by atoms with Gasteiger partial charge in [0.1, 0.15) is 0 Å². The quantitative estimate of drug-likeness (QED) is 0.841. The van der Waals surface area contributed by atoms with Gasteiger partial charge in [-0.2, -0.15) is 0 Å². The summed E-state index contributed by atoms with van der Waals surface area (Å²) in [4.78, 5) is 16.7. The molecule has 0 saturated heterocycles. The van der Waals surface area contributed by atoms with Crippen LogP contribution < -0.4 is 5.32 Å². The lowest BCUT2D eigenvalue weighted by atomic mass is 10.1. The Labute approximate surface area is 130 Å². The maximum Gasteiger partial charge on any atom is 0.237 e. The van der Waals surface area contributed by atoms with E-state index in [2.05, 4.69) is 16.4 Å². The van der Waals surface area contributed by atoms with Crippen molar-refractivity contribution < 1.29 is 4.79 Å². The predicted octanol–water partition coefficient (Wildman–Crippen LogP) is 4.21. The number of hydrogen-bond acceptors (Lipinski definition) is 3. The van der Waals surface area contributed by atoms with Gasteiger partial charge >= 0.3 is 0 Å². The van der Waals surface area contributed by atoms with E-state index in [9.17, 15) is 4.79 Å². The van der Waals surface area contributed by atoms with Crippen LogP contribution in [0.4, 0.5) is 5.69 Å². The molecule has 2 aromatic rings. The number of pyridine rings is 1. The molecule has 2 rings (SSSR count). The van der Waals surface area contributed by atoms with E-state index in [1.165, 1.54) is 17.3 Å². The second-order valence-electron chi connectivity index (χ2n) is 4.99. The molecule has 4 heteroatoms. The van der Waals surface area contributed by atoms with E-state index in [-0.39, 0.29) is 11.2 Å². The summed E-state index contributed by atoms with van der Waals surface area (Å²) in [5, 5.41) is 3.76. The van der Waals surface area contributed by atoms with Crippen molar-refractivity contribution in [1.29, 1.82) is 0 Å². The van der Waals surface area contributed by atoms with E-state index in [1.54, 1.807) is 6.20 Å². The summed E-state index contributed by atoms with van der Waals surface area (Å²) >= 11 is 1.50. The molecule has 1 unspecified atom stereocenters. The molecule has 1 atom stereocenters. The number of thioether (sulfide) groups is 1. The van der Waals surface area contributed by atoms with Gasteiger partial charge in [0.05, 0.1) is 10.3 Å². The fraction of sp³-hybridized carbons (Fsp3) is 0.294. The van der Waals surface area contributed by atoms with Gasteiger partial charge in [-0.3, -0.25) is 4.79 Å². The number of amides is 1. The van der Waals surface area contributed by atoms with Crippen molar-refractivity contribution in [3.05, 3.63) is 53.7 Å². The first-order valence-corrected chi connectivity index (χ1v) is 7.94. The van der Waals surface area contributed by atoms with Crippen molar-refractivity contribution in [3.63, 3.8) is 0 Å². The number of nitrogens with zero attached hydrogens (tertiary/aromatic N) is 1. The SMILES string of the molecule is CCC(Sc1ccccn1)C(=O)Nc1ccc(C)cc1C. The maximum atomic E-state index is 12.4. The second-order valence-corrected chi connectivity index (χ2v) is 6.21. The number of aryl methyl sites for hydroxylation is 2. The summed E-state index contributed by atoms with van der Waals surface area (Å²) in [6, 6.07) is 11.8. The average molecular weight is 300 g/mol. The lowest BCUT2D eigenvalue weighted by Gasteiger charge is -2.15. The molecule has 3 nitrogen and oxygen atoms in total. The average Bonchev–Trinajstić information content (AvgIpc) is 2.48. The lowest BCUT2D eigenvalue weighted by Crippen LogP contribution is -2.25. The van der Waals surface area contributed by atoms with Crippen LogP contribution in [0.15, 0.2) is 47.6 Å². The molecule has 0 aliphatic rings. The highest BCUT2D eigenvalue weighted by atomic mass is 32.2. The highest BCUT2D eigenvalue weighted by Crippen LogP contribution is 2.25. The Morgan fingerprint density at radius 2 is 2.10 bits per heavy atom. The van der Waals surface area contributed by atoms with Gasteiger partial charge in [-0.1, -0.05) is 42.4 Å². The molecule has 0 fully saturated rings. The standard InChI is InChI=1S/C17H20N2OS/c1-4-15(21-16-7-5-6-10-18-16)17(20)19-14-9-8-12(2)11-13(14)3/h5-11,15H,4H2,1-3H3,(H,19,20). The van der Waals surface area contributed by atoms with Crippen LogP contribution in [0.2, 0.25) is 0 Å². The Balaban J connectivity index is 2.06. The topological polar surface area (TPSA) is 42.0 Å². The molecule has 1 aromatic carbocycles. The number of aromatic nitrogens is 1. The largest absolute Gasteiger partial charge is 0.325 e. The van der Waals surface area contributed by atoms with Crippen molar-refractivity contribution in [1.82, 2.24) is 4.98 Å². The van der Waals surface area contributed by atoms with E-state index >= 15 is 0 Å². The number of nitrogens with one attached hydrogen (secondary N) is 1. The Kier molecular flexibility index (Phi) is 5.39. The summed E-state index contributed by atoms with van der Waals surface area (Å²) in [5.41, 5.74) is 3.16. The molecule has 0 saturated carbocycles. The summed E-state index contributed by atoms with van der Waals surface area (Å²) in [6.07, 6.45) is 2.51. The van der Waals surface area contributed by atoms with Crippen LogP contribution in [-0.4, -0.2) is 16.1 Å². The Bertz CT molecular complexity index is 613. The van der Waals surface area contributed by atoms with Crippen LogP contribution in [0.3, 0.4) is 0 Å². The normalized spacial score (nSPS) is 12.0. The van der Waals surface area contributed by atoms with Crippen molar-refractivity contribution in [2.45, 2.75) is 37.5 Å². The molecular formula is C17H20N2OS. The zero-order valence-corrected chi connectivity index (χ0v) is 13.4. The highest BCUT2D eigenvalue weighted by molar-refractivity contribution is 8.00. The number of benzene rings is 1. The van der Waals surface area contributed by atoms with E-state index in [0.717, 1.165) is 22.7 Å². The third-order valence-electron chi connectivity index (χ3n) is 3.20. The van der Waals surface area contributed by atoms with Crippen molar-refractivity contribution >= 4 is 23.4 Å². The van der Waals surface area contributed by atoms with Gasteiger partial charge in [0.15, 0.2) is 0 Å². The Morgan fingerprint density at radius 1 is 1.29 bits per heavy atom. The first-order valence-electron chi connectivity index (χ1n) is 7.06. The van der Waals surface area contributed by atoms with E-state index in [0.29, 0.717) is 0 Å². The molecular weight excluding hydrogens is 280 g/mol. The molecule has 0 spiro atoms. The minimum absolute atomic E-state index is 0.0279. The number of carbonyl (C=O) groups excluding carboxylic acids is 1. The second kappa shape index (κ2) is 7.27. The highest BCUT2D eigenvalue weighted by Gasteiger charge is 2.19. The molecule has 1 amide bonds. The summed E-state index contributed by atoms with van der Waals surface area (Å²) in [7, 11) is 0. The molecule has 0 radical (unpaired) electrons. The summed E-state index contributed by atoms with van der Waals surface area (Å²) in [6.45, 7) is 6.07. The van der Waals surface area contributed by atoms with Crippen molar-refractivity contribution in [2.24, 2.45) is 0 Å². The van der Waals surface area contributed by atoms with Gasteiger partial charge in [-0.25, -0.2) is 4.98 Å². The van der Waals surface area contributed by atoms with Gasteiger partial charge in [0.2, 0.25) is 5.91 Å². The number of hydrogen-bond donors (Lipinski definition) is 1. The van der Waals surface area contributed by atoms with Crippen LogP contribution in [0.25, 0.3) is 0 Å². The minimum Gasteiger partial charge on any atom is -0.325 e. The first kappa shape index (κ1) is 15.6. The fourth-order valence-corrected chi connectivity index (χ4v) is 2.95. The van der Waals surface area contributed by atoms with Crippen molar-refractivity contribution in [2.75, 3.05) is 5.32 Å². The monoisotopic (exact) mass is 300 g/mol. The number of anilines is 1. The van der Waals surface area contributed by atoms with E-state index in [4.69, 9.17) is 0 Å². The minimum atomic E-state index is -0.138. The molecule has 1 heterocycles. The number of carbonyl (C=O) groups is 1. The molecule has 1 aromatic heterocycles. The smallest absolute Gasteiger partial charge is 0.237 e. The van der Waals surface area contributed by atoms with Crippen LogP contribution in [0.1, 0.15) is 24.5 Å². The van der Waals surface area contributed by atoms with Gasteiger partial charge in [-0.05, 0) is 44.0 Å². The van der Waals surface area contributed by atoms with Crippen molar-refractivity contribution in [3.8, 4) is 0 Å².